The van der Waals surface area contributed by atoms with Crippen molar-refractivity contribution in [1.82, 2.24) is 0 Å². The minimum absolute atomic E-state index is 0.244. The normalized spacial score (nSPS) is 10.2. The summed E-state index contributed by atoms with van der Waals surface area (Å²) in [5.74, 6) is -0.282. The van der Waals surface area contributed by atoms with Crippen LogP contribution < -0.4 is 10.1 Å². The number of benzene rings is 2. The number of nitrogens with one attached hydrogen (secondary N) is 1. The van der Waals surface area contributed by atoms with E-state index in [-0.39, 0.29) is 5.56 Å². The van der Waals surface area contributed by atoms with E-state index in [9.17, 15) is 9.90 Å². The smallest absolute Gasteiger partial charge is 0.337 e. The quantitative estimate of drug-likeness (QED) is 0.889. The van der Waals surface area contributed by atoms with E-state index in [2.05, 4.69) is 5.32 Å². The van der Waals surface area contributed by atoms with E-state index < -0.39 is 5.97 Å². The van der Waals surface area contributed by atoms with Crippen molar-refractivity contribution in [3.8, 4) is 5.75 Å². The largest absolute Gasteiger partial charge is 0.495 e. The number of aryl methyl sites for hydroxylation is 2. The maximum absolute atomic E-state index is 11.3. The Morgan fingerprint density at radius 2 is 1.70 bits per heavy atom. The van der Waals surface area contributed by atoms with E-state index >= 15 is 0 Å². The van der Waals surface area contributed by atoms with E-state index in [1.807, 2.05) is 38.1 Å². The standard InChI is InChI=1S/C16H17NO3/c1-10-4-6-13(12(8-10)16(18)19)17-14-9-11(2)5-7-15(14)20-3/h4-9,17H,1-3H3,(H,18,19). The number of carboxylic acid groups (broad SMARTS) is 1. The van der Waals surface area contributed by atoms with Gasteiger partial charge in [-0.1, -0.05) is 17.7 Å². The minimum atomic E-state index is -0.956. The lowest BCUT2D eigenvalue weighted by Crippen LogP contribution is -2.04. The molecule has 20 heavy (non-hydrogen) atoms. The van der Waals surface area contributed by atoms with Gasteiger partial charge in [-0.3, -0.25) is 0 Å². The highest BCUT2D eigenvalue weighted by Crippen LogP contribution is 2.30. The number of anilines is 2. The Balaban J connectivity index is 2.44. The molecular formula is C16H17NO3. The van der Waals surface area contributed by atoms with E-state index in [1.165, 1.54) is 0 Å². The third kappa shape index (κ3) is 2.91. The van der Waals surface area contributed by atoms with Crippen molar-refractivity contribution >= 4 is 17.3 Å². The Morgan fingerprint density at radius 3 is 2.35 bits per heavy atom. The second-order valence-corrected chi connectivity index (χ2v) is 4.68. The molecule has 0 unspecified atom stereocenters. The van der Waals surface area contributed by atoms with Crippen molar-refractivity contribution in [1.29, 1.82) is 0 Å². The van der Waals surface area contributed by atoms with E-state index in [0.29, 0.717) is 11.4 Å². The molecular weight excluding hydrogens is 254 g/mol. The first kappa shape index (κ1) is 13.9. The SMILES string of the molecule is COc1ccc(C)cc1Nc1ccc(C)cc1C(=O)O. The third-order valence-electron chi connectivity index (χ3n) is 3.03. The predicted molar refractivity (Wildman–Crippen MR) is 79.2 cm³/mol. The van der Waals surface area contributed by atoms with Crippen LogP contribution in [0.25, 0.3) is 0 Å². The lowest BCUT2D eigenvalue weighted by molar-refractivity contribution is 0.0698. The molecule has 0 atom stereocenters. The monoisotopic (exact) mass is 271 g/mol. The zero-order valence-corrected chi connectivity index (χ0v) is 11.7. The highest BCUT2D eigenvalue weighted by atomic mass is 16.5. The molecule has 0 heterocycles. The average Bonchev–Trinajstić information content (AvgIpc) is 2.41. The summed E-state index contributed by atoms with van der Waals surface area (Å²) < 4.78 is 5.29. The summed E-state index contributed by atoms with van der Waals surface area (Å²) in [5.41, 5.74) is 3.51. The fourth-order valence-electron chi connectivity index (χ4n) is 2.01. The van der Waals surface area contributed by atoms with Crippen molar-refractivity contribution < 1.29 is 14.6 Å². The minimum Gasteiger partial charge on any atom is -0.495 e. The predicted octanol–water partition coefficient (Wildman–Crippen LogP) is 3.75. The summed E-state index contributed by atoms with van der Waals surface area (Å²) in [7, 11) is 1.59. The van der Waals surface area contributed by atoms with Crippen molar-refractivity contribution in [3.63, 3.8) is 0 Å². The molecule has 2 aromatic rings. The molecule has 0 aromatic heterocycles. The van der Waals surface area contributed by atoms with Crippen LogP contribution >= 0.6 is 0 Å². The first-order valence-corrected chi connectivity index (χ1v) is 6.27. The molecule has 0 aliphatic carbocycles. The number of aromatic carboxylic acids is 1. The van der Waals surface area contributed by atoms with Gasteiger partial charge in [-0.15, -0.1) is 0 Å². The van der Waals surface area contributed by atoms with Gasteiger partial charge in [0.1, 0.15) is 5.75 Å². The highest BCUT2D eigenvalue weighted by Gasteiger charge is 2.12. The van der Waals surface area contributed by atoms with Crippen LogP contribution in [0.3, 0.4) is 0 Å². The zero-order valence-electron chi connectivity index (χ0n) is 11.7. The Labute approximate surface area is 118 Å². The van der Waals surface area contributed by atoms with Crippen LogP contribution in [-0.4, -0.2) is 18.2 Å². The number of methoxy groups -OCH3 is 1. The third-order valence-corrected chi connectivity index (χ3v) is 3.03. The number of hydrogen-bond donors (Lipinski definition) is 2. The Morgan fingerprint density at radius 1 is 1.05 bits per heavy atom. The molecule has 0 fully saturated rings. The van der Waals surface area contributed by atoms with Crippen molar-refractivity contribution in [2.24, 2.45) is 0 Å². The summed E-state index contributed by atoms with van der Waals surface area (Å²) in [6.07, 6.45) is 0. The van der Waals surface area contributed by atoms with Gasteiger partial charge >= 0.3 is 5.97 Å². The molecule has 2 aromatic carbocycles. The second-order valence-electron chi connectivity index (χ2n) is 4.68. The molecule has 0 aliphatic rings. The molecule has 4 nitrogen and oxygen atoms in total. The summed E-state index contributed by atoms with van der Waals surface area (Å²) in [6, 6.07) is 11.0. The summed E-state index contributed by atoms with van der Waals surface area (Å²) in [4.78, 5) is 11.3. The molecule has 4 heteroatoms. The molecule has 2 rings (SSSR count). The lowest BCUT2D eigenvalue weighted by atomic mass is 10.1. The van der Waals surface area contributed by atoms with Crippen molar-refractivity contribution in [3.05, 3.63) is 53.1 Å². The topological polar surface area (TPSA) is 58.6 Å². The fourth-order valence-corrected chi connectivity index (χ4v) is 2.01. The number of rotatable bonds is 4. The second kappa shape index (κ2) is 5.65. The van der Waals surface area contributed by atoms with Gasteiger partial charge in [0.15, 0.2) is 0 Å². The van der Waals surface area contributed by atoms with E-state index in [0.717, 1.165) is 16.8 Å². The first-order chi connectivity index (χ1) is 9.51. The molecule has 0 spiro atoms. The average molecular weight is 271 g/mol. The van der Waals surface area contributed by atoms with Gasteiger partial charge in [0.05, 0.1) is 24.0 Å². The highest BCUT2D eigenvalue weighted by molar-refractivity contribution is 5.95. The van der Waals surface area contributed by atoms with Gasteiger partial charge in [-0.25, -0.2) is 4.79 Å². The first-order valence-electron chi connectivity index (χ1n) is 6.27. The molecule has 2 N–H and O–H groups in total. The summed E-state index contributed by atoms with van der Waals surface area (Å²) in [5, 5.41) is 12.4. The van der Waals surface area contributed by atoms with E-state index in [1.54, 1.807) is 19.2 Å². The zero-order chi connectivity index (χ0) is 14.7. The van der Waals surface area contributed by atoms with Crippen LogP contribution in [0.5, 0.6) is 5.75 Å². The Kier molecular flexibility index (Phi) is 3.94. The van der Waals surface area contributed by atoms with Gasteiger partial charge in [0.25, 0.3) is 0 Å². The van der Waals surface area contributed by atoms with Crippen LogP contribution in [0.2, 0.25) is 0 Å². The molecule has 0 saturated heterocycles. The van der Waals surface area contributed by atoms with Gasteiger partial charge in [0, 0.05) is 0 Å². The van der Waals surface area contributed by atoms with Gasteiger partial charge in [-0.2, -0.15) is 0 Å². The van der Waals surface area contributed by atoms with Crippen LogP contribution in [0.15, 0.2) is 36.4 Å². The summed E-state index contributed by atoms with van der Waals surface area (Å²) in [6.45, 7) is 3.83. The molecule has 0 saturated carbocycles. The number of ether oxygens (including phenoxy) is 1. The summed E-state index contributed by atoms with van der Waals surface area (Å²) >= 11 is 0. The van der Waals surface area contributed by atoms with Crippen LogP contribution in [0, 0.1) is 13.8 Å². The van der Waals surface area contributed by atoms with Crippen molar-refractivity contribution in [2.75, 3.05) is 12.4 Å². The van der Waals surface area contributed by atoms with Crippen LogP contribution in [0.4, 0.5) is 11.4 Å². The maximum atomic E-state index is 11.3. The molecule has 104 valence electrons. The van der Waals surface area contributed by atoms with Gasteiger partial charge in [-0.05, 0) is 43.7 Å². The number of hydrogen-bond acceptors (Lipinski definition) is 3. The van der Waals surface area contributed by atoms with Gasteiger partial charge in [0.2, 0.25) is 0 Å². The maximum Gasteiger partial charge on any atom is 0.337 e. The molecule has 0 amide bonds. The molecule has 0 bridgehead atoms. The fraction of sp³-hybridized carbons (Fsp3) is 0.188. The number of carbonyl (C=O) groups is 1. The van der Waals surface area contributed by atoms with E-state index in [4.69, 9.17) is 4.74 Å². The molecule has 0 aliphatic heterocycles. The van der Waals surface area contributed by atoms with Crippen LogP contribution in [0.1, 0.15) is 21.5 Å². The van der Waals surface area contributed by atoms with Gasteiger partial charge < -0.3 is 15.2 Å². The lowest BCUT2D eigenvalue weighted by Gasteiger charge is -2.14. The number of carboxylic acids is 1. The van der Waals surface area contributed by atoms with Crippen molar-refractivity contribution in [2.45, 2.75) is 13.8 Å². The van der Waals surface area contributed by atoms with Crippen LogP contribution in [-0.2, 0) is 0 Å². The Hall–Kier alpha value is -2.49. The molecule has 0 radical (unpaired) electrons. The Bertz CT molecular complexity index is 650.